The maximum atomic E-state index is 5.93. The predicted octanol–water partition coefficient (Wildman–Crippen LogP) is 5.39. The Labute approximate surface area is 216 Å². The summed E-state index contributed by atoms with van der Waals surface area (Å²) < 4.78 is 13.5. The highest BCUT2D eigenvalue weighted by molar-refractivity contribution is 7.80. The molecule has 8 heteroatoms. The van der Waals surface area contributed by atoms with Gasteiger partial charge in [-0.2, -0.15) is 0 Å². The van der Waals surface area contributed by atoms with Crippen molar-refractivity contribution in [1.29, 1.82) is 0 Å². The van der Waals surface area contributed by atoms with Crippen LogP contribution in [0.4, 0.5) is 5.69 Å². The Kier molecular flexibility index (Phi) is 6.36. The van der Waals surface area contributed by atoms with E-state index in [0.29, 0.717) is 10.9 Å². The smallest absolute Gasteiger partial charge is 0.174 e. The molecule has 1 aliphatic heterocycles. The Bertz CT molecular complexity index is 1400. The summed E-state index contributed by atoms with van der Waals surface area (Å²) in [6, 6.07) is 17.7. The number of benzene rings is 1. The van der Waals surface area contributed by atoms with Crippen molar-refractivity contribution < 1.29 is 9.47 Å². The average Bonchev–Trinajstić information content (AvgIpc) is 3.39. The fraction of sp³-hybridized carbons (Fsp3) is 0.250. The summed E-state index contributed by atoms with van der Waals surface area (Å²) in [6.07, 6.45) is 3.70. The van der Waals surface area contributed by atoms with E-state index in [9.17, 15) is 0 Å². The van der Waals surface area contributed by atoms with Gasteiger partial charge in [0.05, 0.1) is 37.7 Å². The molecule has 4 heterocycles. The van der Waals surface area contributed by atoms with Crippen LogP contribution in [0.15, 0.2) is 67.0 Å². The topological polar surface area (TPSA) is 64.4 Å². The number of hydrogen-bond donors (Lipinski definition) is 1. The van der Waals surface area contributed by atoms with Crippen LogP contribution in [0.25, 0.3) is 5.82 Å². The lowest BCUT2D eigenvalue weighted by molar-refractivity contribution is 0.403. The zero-order valence-electron chi connectivity index (χ0n) is 21.0. The third kappa shape index (κ3) is 4.07. The number of nitrogens with one attached hydrogen (secondary N) is 1. The van der Waals surface area contributed by atoms with Gasteiger partial charge in [-0.05, 0) is 80.5 Å². The minimum Gasteiger partial charge on any atom is -0.497 e. The van der Waals surface area contributed by atoms with Crippen LogP contribution in [0.2, 0.25) is 0 Å². The Balaban J connectivity index is 1.71. The zero-order chi connectivity index (χ0) is 25.4. The largest absolute Gasteiger partial charge is 0.497 e. The van der Waals surface area contributed by atoms with Gasteiger partial charge in [0.15, 0.2) is 5.11 Å². The molecule has 184 valence electrons. The van der Waals surface area contributed by atoms with E-state index in [1.165, 1.54) is 0 Å². The second-order valence-corrected chi connectivity index (χ2v) is 9.28. The normalized spacial score (nSPS) is 17.2. The van der Waals surface area contributed by atoms with E-state index in [4.69, 9.17) is 21.7 Å². The summed E-state index contributed by atoms with van der Waals surface area (Å²) in [7, 11) is 3.32. The number of methoxy groups -OCH3 is 2. The fourth-order valence-electron chi connectivity index (χ4n) is 4.95. The second-order valence-electron chi connectivity index (χ2n) is 8.89. The molecule has 0 spiro atoms. The van der Waals surface area contributed by atoms with Crippen molar-refractivity contribution in [1.82, 2.24) is 19.9 Å². The van der Waals surface area contributed by atoms with Crippen LogP contribution in [0.3, 0.4) is 0 Å². The number of rotatable bonds is 6. The molecule has 1 saturated heterocycles. The van der Waals surface area contributed by atoms with Gasteiger partial charge in [0.1, 0.15) is 17.3 Å². The van der Waals surface area contributed by atoms with Gasteiger partial charge in [0.2, 0.25) is 0 Å². The van der Waals surface area contributed by atoms with Crippen molar-refractivity contribution in [2.75, 3.05) is 19.1 Å². The second kappa shape index (κ2) is 9.62. The van der Waals surface area contributed by atoms with E-state index in [2.05, 4.69) is 56.8 Å². The molecule has 0 unspecified atom stereocenters. The van der Waals surface area contributed by atoms with Crippen molar-refractivity contribution in [2.24, 2.45) is 0 Å². The molecule has 1 aromatic carbocycles. The van der Waals surface area contributed by atoms with E-state index in [1.54, 1.807) is 14.2 Å². The van der Waals surface area contributed by atoms with E-state index in [1.807, 2.05) is 55.7 Å². The van der Waals surface area contributed by atoms with E-state index < -0.39 is 0 Å². The van der Waals surface area contributed by atoms with Gasteiger partial charge in [0, 0.05) is 29.8 Å². The van der Waals surface area contributed by atoms with Crippen molar-refractivity contribution in [2.45, 2.75) is 32.9 Å². The number of aromatic nitrogens is 3. The number of aryl methyl sites for hydroxylation is 2. The predicted molar refractivity (Wildman–Crippen MR) is 145 cm³/mol. The van der Waals surface area contributed by atoms with Crippen molar-refractivity contribution >= 4 is 23.0 Å². The summed E-state index contributed by atoms with van der Waals surface area (Å²) in [5, 5.41) is 4.13. The Morgan fingerprint density at radius 3 is 2.44 bits per heavy atom. The third-order valence-electron chi connectivity index (χ3n) is 6.66. The average molecular weight is 500 g/mol. The SMILES string of the molecule is COc1ccc(OC)c(N2C(=S)N[C@H](c3ccccn3)[C@@H]2c2cc(C)n(-c3ccc(C)cn3)c2C)c1. The Morgan fingerprint density at radius 1 is 0.944 bits per heavy atom. The Hall–Kier alpha value is -3.91. The number of thiocarbonyl (C=S) groups is 1. The van der Waals surface area contributed by atoms with Crippen LogP contribution in [0.5, 0.6) is 11.5 Å². The molecule has 0 amide bonds. The molecule has 1 aliphatic rings. The molecule has 5 rings (SSSR count). The lowest BCUT2D eigenvalue weighted by Crippen LogP contribution is -2.30. The lowest BCUT2D eigenvalue weighted by Gasteiger charge is -2.29. The van der Waals surface area contributed by atoms with E-state index >= 15 is 0 Å². The van der Waals surface area contributed by atoms with Gasteiger partial charge in [-0.15, -0.1) is 0 Å². The van der Waals surface area contributed by atoms with E-state index in [-0.39, 0.29) is 12.1 Å². The fourth-order valence-corrected chi connectivity index (χ4v) is 5.29. The van der Waals surface area contributed by atoms with Gasteiger partial charge < -0.3 is 24.3 Å². The van der Waals surface area contributed by atoms with E-state index in [0.717, 1.165) is 45.5 Å². The summed E-state index contributed by atoms with van der Waals surface area (Å²) in [6.45, 7) is 6.27. The highest BCUT2D eigenvalue weighted by Gasteiger charge is 2.43. The number of ether oxygens (including phenoxy) is 2. The third-order valence-corrected chi connectivity index (χ3v) is 6.97. The lowest BCUT2D eigenvalue weighted by atomic mass is 9.96. The first-order chi connectivity index (χ1) is 17.4. The summed E-state index contributed by atoms with van der Waals surface area (Å²) in [4.78, 5) is 11.5. The zero-order valence-corrected chi connectivity index (χ0v) is 21.8. The maximum Gasteiger partial charge on any atom is 0.174 e. The van der Waals surface area contributed by atoms with Gasteiger partial charge in [-0.25, -0.2) is 4.98 Å². The molecule has 2 atom stereocenters. The van der Waals surface area contributed by atoms with Gasteiger partial charge in [0.25, 0.3) is 0 Å². The summed E-state index contributed by atoms with van der Waals surface area (Å²) >= 11 is 5.93. The summed E-state index contributed by atoms with van der Waals surface area (Å²) in [5.74, 6) is 2.32. The van der Waals surface area contributed by atoms with Crippen LogP contribution in [-0.2, 0) is 0 Å². The van der Waals surface area contributed by atoms with Crippen molar-refractivity contribution in [3.05, 3.63) is 95.2 Å². The first kappa shape index (κ1) is 23.8. The molecule has 7 nitrogen and oxygen atoms in total. The summed E-state index contributed by atoms with van der Waals surface area (Å²) in [5.41, 5.74) is 6.17. The first-order valence-corrected chi connectivity index (χ1v) is 12.2. The molecule has 0 aliphatic carbocycles. The van der Waals surface area contributed by atoms with Gasteiger partial charge >= 0.3 is 0 Å². The van der Waals surface area contributed by atoms with Crippen molar-refractivity contribution in [3.8, 4) is 17.3 Å². The molecule has 0 saturated carbocycles. The van der Waals surface area contributed by atoms with Crippen LogP contribution in [-0.4, -0.2) is 33.9 Å². The molecule has 0 radical (unpaired) electrons. The highest BCUT2D eigenvalue weighted by atomic mass is 32.1. The van der Waals surface area contributed by atoms with Crippen molar-refractivity contribution in [3.63, 3.8) is 0 Å². The molecule has 1 fully saturated rings. The Morgan fingerprint density at radius 2 is 1.78 bits per heavy atom. The van der Waals surface area contributed by atoms with Gasteiger partial charge in [-0.3, -0.25) is 4.98 Å². The molecule has 3 aromatic heterocycles. The standard InChI is InChI=1S/C28H29N5O2S/c1-17-9-12-25(30-16-17)32-18(2)14-21(19(32)3)27-26(22-8-6-7-13-29-22)31-28(36)33(27)23-15-20(34-4)10-11-24(23)35-5/h6-16,26-27H,1-5H3,(H,31,36)/t26-,27+/m1/s1. The van der Waals surface area contributed by atoms with Crippen LogP contribution >= 0.6 is 12.2 Å². The molecular weight excluding hydrogens is 470 g/mol. The van der Waals surface area contributed by atoms with Crippen LogP contribution < -0.4 is 19.7 Å². The van der Waals surface area contributed by atoms with Crippen LogP contribution in [0.1, 0.15) is 40.3 Å². The maximum absolute atomic E-state index is 5.93. The van der Waals surface area contributed by atoms with Gasteiger partial charge in [-0.1, -0.05) is 12.1 Å². The molecule has 4 aromatic rings. The molecule has 36 heavy (non-hydrogen) atoms. The minimum absolute atomic E-state index is 0.172. The molecule has 0 bridgehead atoms. The molecular formula is C28H29N5O2S. The quantitative estimate of drug-likeness (QED) is 0.357. The number of hydrogen-bond acceptors (Lipinski definition) is 5. The minimum atomic E-state index is -0.182. The van der Waals surface area contributed by atoms with Crippen LogP contribution in [0, 0.1) is 20.8 Å². The highest BCUT2D eigenvalue weighted by Crippen LogP contribution is 2.47. The number of pyridine rings is 2. The molecule has 1 N–H and O–H groups in total. The first-order valence-electron chi connectivity index (χ1n) is 11.8. The number of anilines is 1. The monoisotopic (exact) mass is 499 g/mol. The number of nitrogens with zero attached hydrogens (tertiary/aromatic N) is 4.